The molecule has 0 aromatic carbocycles. The molecule has 1 aliphatic rings. The van der Waals surface area contributed by atoms with Crippen molar-refractivity contribution in [3.63, 3.8) is 0 Å². The van der Waals surface area contributed by atoms with Crippen molar-refractivity contribution in [3.05, 3.63) is 12.2 Å². The van der Waals surface area contributed by atoms with Crippen LogP contribution in [0.3, 0.4) is 0 Å². The molecule has 1 aromatic heterocycles. The average Bonchev–Trinajstić information content (AvgIpc) is 2.73. The van der Waals surface area contributed by atoms with Crippen LogP contribution in [0.15, 0.2) is 6.33 Å². The van der Waals surface area contributed by atoms with E-state index in [0.717, 1.165) is 31.9 Å². The van der Waals surface area contributed by atoms with E-state index in [4.69, 9.17) is 5.73 Å². The van der Waals surface area contributed by atoms with Gasteiger partial charge in [0.25, 0.3) is 0 Å². The fraction of sp³-hybridized carbons (Fsp3) is 0.867. The lowest BCUT2D eigenvalue weighted by molar-refractivity contribution is 0.0660. The molecular formula is C15H29N5. The second kappa shape index (κ2) is 7.18. The van der Waals surface area contributed by atoms with E-state index < -0.39 is 0 Å². The minimum absolute atomic E-state index is 0.165. The zero-order chi connectivity index (χ0) is 14.4. The molecular weight excluding hydrogens is 250 g/mol. The Morgan fingerprint density at radius 1 is 1.30 bits per heavy atom. The van der Waals surface area contributed by atoms with E-state index in [1.54, 1.807) is 6.33 Å². The molecule has 0 spiro atoms. The third-order valence-electron chi connectivity index (χ3n) is 4.72. The first-order chi connectivity index (χ1) is 9.72. The molecule has 1 aromatic rings. The first-order valence-electron chi connectivity index (χ1n) is 8.00. The van der Waals surface area contributed by atoms with Crippen LogP contribution < -0.4 is 5.73 Å². The van der Waals surface area contributed by atoms with Crippen molar-refractivity contribution < 1.29 is 0 Å². The van der Waals surface area contributed by atoms with E-state index >= 15 is 0 Å². The molecule has 0 amide bonds. The number of aryl methyl sites for hydroxylation is 1. The van der Waals surface area contributed by atoms with Gasteiger partial charge in [-0.25, -0.2) is 4.98 Å². The predicted molar refractivity (Wildman–Crippen MR) is 81.2 cm³/mol. The molecule has 0 bridgehead atoms. The van der Waals surface area contributed by atoms with Crippen LogP contribution in [0.2, 0.25) is 0 Å². The van der Waals surface area contributed by atoms with Crippen molar-refractivity contribution in [2.24, 2.45) is 12.8 Å². The van der Waals surface area contributed by atoms with Gasteiger partial charge in [0.15, 0.2) is 0 Å². The van der Waals surface area contributed by atoms with Gasteiger partial charge in [0, 0.05) is 19.1 Å². The minimum atomic E-state index is 0.165. The number of aromatic nitrogens is 3. The Kier molecular flexibility index (Phi) is 5.54. The zero-order valence-corrected chi connectivity index (χ0v) is 13.0. The molecule has 1 heterocycles. The number of hydrogen-bond acceptors (Lipinski definition) is 4. The summed E-state index contributed by atoms with van der Waals surface area (Å²) >= 11 is 0. The standard InChI is InChI=1S/C15H29N5/c1-3-10-20(11-14-17-13-18-19(14)2)15(12-16)8-6-4-5-7-9-15/h13H,3-12,16H2,1-2H3. The third-order valence-corrected chi connectivity index (χ3v) is 4.72. The van der Waals surface area contributed by atoms with Gasteiger partial charge in [0.2, 0.25) is 0 Å². The van der Waals surface area contributed by atoms with E-state index in [0.29, 0.717) is 0 Å². The normalized spacial score (nSPS) is 19.2. The largest absolute Gasteiger partial charge is 0.329 e. The van der Waals surface area contributed by atoms with Gasteiger partial charge >= 0.3 is 0 Å². The molecule has 1 saturated carbocycles. The number of rotatable bonds is 6. The number of nitrogens with zero attached hydrogens (tertiary/aromatic N) is 4. The van der Waals surface area contributed by atoms with Crippen molar-refractivity contribution in [2.45, 2.75) is 64.0 Å². The molecule has 5 nitrogen and oxygen atoms in total. The summed E-state index contributed by atoms with van der Waals surface area (Å²) in [6.07, 6.45) is 10.5. The quantitative estimate of drug-likeness (QED) is 0.810. The summed E-state index contributed by atoms with van der Waals surface area (Å²) in [4.78, 5) is 6.96. The lowest BCUT2D eigenvalue weighted by atomic mass is 9.87. The molecule has 1 fully saturated rings. The number of nitrogens with two attached hydrogens (primary N) is 1. The summed E-state index contributed by atoms with van der Waals surface area (Å²) < 4.78 is 1.88. The van der Waals surface area contributed by atoms with Gasteiger partial charge in [0.05, 0.1) is 6.54 Å². The van der Waals surface area contributed by atoms with Gasteiger partial charge in [-0.2, -0.15) is 5.10 Å². The Bertz CT molecular complexity index is 393. The molecule has 0 aliphatic heterocycles. The molecule has 0 saturated heterocycles. The highest BCUT2D eigenvalue weighted by atomic mass is 15.3. The lowest BCUT2D eigenvalue weighted by Crippen LogP contribution is -2.53. The Morgan fingerprint density at radius 3 is 2.50 bits per heavy atom. The molecule has 0 atom stereocenters. The topological polar surface area (TPSA) is 60.0 Å². The molecule has 2 rings (SSSR count). The summed E-state index contributed by atoms with van der Waals surface area (Å²) in [6, 6.07) is 0. The Balaban J connectivity index is 2.17. The SMILES string of the molecule is CCCN(Cc1ncnn1C)C1(CN)CCCCCC1. The van der Waals surface area contributed by atoms with Gasteiger partial charge in [-0.1, -0.05) is 32.6 Å². The summed E-state index contributed by atoms with van der Waals surface area (Å²) in [5.41, 5.74) is 6.39. The molecule has 5 heteroatoms. The van der Waals surface area contributed by atoms with Crippen molar-refractivity contribution in [2.75, 3.05) is 13.1 Å². The van der Waals surface area contributed by atoms with Crippen molar-refractivity contribution in [1.29, 1.82) is 0 Å². The van der Waals surface area contributed by atoms with E-state index in [1.807, 2.05) is 11.7 Å². The van der Waals surface area contributed by atoms with E-state index in [-0.39, 0.29) is 5.54 Å². The summed E-state index contributed by atoms with van der Waals surface area (Å²) in [7, 11) is 1.97. The van der Waals surface area contributed by atoms with Crippen LogP contribution in [0, 0.1) is 0 Å². The van der Waals surface area contributed by atoms with E-state index in [1.165, 1.54) is 38.5 Å². The Morgan fingerprint density at radius 2 is 2.00 bits per heavy atom. The fourth-order valence-electron chi connectivity index (χ4n) is 3.42. The first kappa shape index (κ1) is 15.4. The van der Waals surface area contributed by atoms with Crippen LogP contribution in [0.25, 0.3) is 0 Å². The summed E-state index contributed by atoms with van der Waals surface area (Å²) in [5, 5.41) is 4.19. The van der Waals surface area contributed by atoms with Crippen molar-refractivity contribution in [3.8, 4) is 0 Å². The monoisotopic (exact) mass is 279 g/mol. The van der Waals surface area contributed by atoms with Crippen LogP contribution >= 0.6 is 0 Å². The van der Waals surface area contributed by atoms with Crippen LogP contribution in [0.1, 0.15) is 57.7 Å². The Labute approximate surface area is 122 Å². The maximum Gasteiger partial charge on any atom is 0.140 e. The predicted octanol–water partition coefficient (Wildman–Crippen LogP) is 2.08. The van der Waals surface area contributed by atoms with Crippen molar-refractivity contribution >= 4 is 0 Å². The fourth-order valence-corrected chi connectivity index (χ4v) is 3.42. The van der Waals surface area contributed by atoms with Crippen LogP contribution in [0.5, 0.6) is 0 Å². The second-order valence-electron chi connectivity index (χ2n) is 6.06. The molecule has 20 heavy (non-hydrogen) atoms. The molecule has 0 unspecified atom stereocenters. The third kappa shape index (κ3) is 3.38. The summed E-state index contributed by atoms with van der Waals surface area (Å²) in [5.74, 6) is 1.04. The molecule has 0 radical (unpaired) electrons. The summed E-state index contributed by atoms with van der Waals surface area (Å²) in [6.45, 7) is 4.95. The average molecular weight is 279 g/mol. The van der Waals surface area contributed by atoms with Gasteiger partial charge in [0.1, 0.15) is 12.2 Å². The minimum Gasteiger partial charge on any atom is -0.329 e. The highest BCUT2D eigenvalue weighted by Crippen LogP contribution is 2.33. The van der Waals surface area contributed by atoms with Gasteiger partial charge < -0.3 is 5.73 Å². The lowest BCUT2D eigenvalue weighted by Gasteiger charge is -2.43. The van der Waals surface area contributed by atoms with Crippen LogP contribution in [-0.2, 0) is 13.6 Å². The number of hydrogen-bond donors (Lipinski definition) is 1. The zero-order valence-electron chi connectivity index (χ0n) is 13.0. The highest BCUT2D eigenvalue weighted by molar-refractivity contribution is 4.96. The van der Waals surface area contributed by atoms with E-state index in [2.05, 4.69) is 21.9 Å². The maximum absolute atomic E-state index is 6.22. The second-order valence-corrected chi connectivity index (χ2v) is 6.06. The van der Waals surface area contributed by atoms with E-state index in [9.17, 15) is 0 Å². The van der Waals surface area contributed by atoms with Gasteiger partial charge in [-0.15, -0.1) is 0 Å². The van der Waals surface area contributed by atoms with Crippen LogP contribution in [-0.4, -0.2) is 38.3 Å². The molecule has 114 valence electrons. The van der Waals surface area contributed by atoms with Crippen molar-refractivity contribution in [1.82, 2.24) is 19.7 Å². The van der Waals surface area contributed by atoms with Crippen LogP contribution in [0.4, 0.5) is 0 Å². The smallest absolute Gasteiger partial charge is 0.140 e. The van der Waals surface area contributed by atoms with Gasteiger partial charge in [-0.3, -0.25) is 9.58 Å². The first-order valence-corrected chi connectivity index (χ1v) is 8.00. The maximum atomic E-state index is 6.22. The Hall–Kier alpha value is -0.940. The molecule has 2 N–H and O–H groups in total. The molecule has 1 aliphatic carbocycles. The highest BCUT2D eigenvalue weighted by Gasteiger charge is 2.35. The van der Waals surface area contributed by atoms with Gasteiger partial charge in [-0.05, 0) is 25.8 Å².